The van der Waals surface area contributed by atoms with Crippen LogP contribution in [0.4, 0.5) is 10.6 Å². The summed E-state index contributed by atoms with van der Waals surface area (Å²) < 4.78 is 23.3. The van der Waals surface area contributed by atoms with Gasteiger partial charge in [-0.15, -0.1) is 0 Å². The van der Waals surface area contributed by atoms with Crippen LogP contribution < -0.4 is 20.3 Å². The van der Waals surface area contributed by atoms with Gasteiger partial charge < -0.3 is 18.9 Å². The molecule has 0 spiro atoms. The predicted octanol–water partition coefficient (Wildman–Crippen LogP) is 5.87. The lowest BCUT2D eigenvalue weighted by molar-refractivity contribution is 0.0635. The van der Waals surface area contributed by atoms with Crippen molar-refractivity contribution in [2.45, 2.75) is 44.8 Å². The van der Waals surface area contributed by atoms with Crippen molar-refractivity contribution < 1.29 is 23.7 Å². The molecule has 0 bridgehead atoms. The molecule has 37 heavy (non-hydrogen) atoms. The van der Waals surface area contributed by atoms with Crippen LogP contribution in [0.5, 0.6) is 11.5 Å². The van der Waals surface area contributed by atoms with Gasteiger partial charge in [-0.2, -0.15) is 0 Å². The summed E-state index contributed by atoms with van der Waals surface area (Å²) >= 11 is 13.3. The van der Waals surface area contributed by atoms with Crippen molar-refractivity contribution in [1.82, 2.24) is 9.55 Å². The van der Waals surface area contributed by atoms with E-state index in [1.54, 1.807) is 56.8 Å². The molecule has 9 nitrogen and oxygen atoms in total. The molecule has 3 aromatic rings. The molecule has 1 aliphatic rings. The summed E-state index contributed by atoms with van der Waals surface area (Å²) in [6.45, 7) is 5.63. The second kappa shape index (κ2) is 10.0. The second-order valence-corrected chi connectivity index (χ2v) is 10.7. The predicted molar refractivity (Wildman–Crippen MR) is 144 cm³/mol. The standard InChI is InChI=1S/C26H29Cl2N3O6/c1-25(2,3)37-24(33)30-19-10-16-14(12-29-19)9-15(23(32)31(16)26(7-8-26)13-34-4)20-21(27)17(35-5)11-18(36-6)22(20)28/h9-12H,7-8,13H2,1-6H3,(H,29,30,33). The van der Waals surface area contributed by atoms with Crippen molar-refractivity contribution >= 4 is 46.0 Å². The highest BCUT2D eigenvalue weighted by atomic mass is 35.5. The summed E-state index contributed by atoms with van der Waals surface area (Å²) in [7, 11) is 4.53. The first-order chi connectivity index (χ1) is 17.4. The molecule has 0 saturated heterocycles. The van der Waals surface area contributed by atoms with Crippen molar-refractivity contribution in [3.05, 3.63) is 44.8 Å². The Morgan fingerprint density at radius 3 is 2.22 bits per heavy atom. The van der Waals surface area contributed by atoms with Crippen LogP contribution in [0.15, 0.2) is 29.2 Å². The number of nitrogens with one attached hydrogen (secondary N) is 1. The van der Waals surface area contributed by atoms with Crippen LogP contribution in [0, 0.1) is 0 Å². The molecule has 1 amide bonds. The minimum absolute atomic E-state index is 0.184. The molecule has 0 atom stereocenters. The van der Waals surface area contributed by atoms with Gasteiger partial charge in [0, 0.05) is 36.4 Å². The Hall–Kier alpha value is -3.01. The first-order valence-electron chi connectivity index (χ1n) is 11.6. The van der Waals surface area contributed by atoms with Gasteiger partial charge in [-0.1, -0.05) is 23.2 Å². The molecule has 1 aliphatic carbocycles. The third kappa shape index (κ3) is 5.21. The fourth-order valence-corrected chi connectivity index (χ4v) is 5.01. The van der Waals surface area contributed by atoms with Gasteiger partial charge in [-0.05, 0) is 39.7 Å². The van der Waals surface area contributed by atoms with Crippen LogP contribution in [0.1, 0.15) is 33.6 Å². The number of rotatable bonds is 7. The molecule has 11 heteroatoms. The molecule has 198 valence electrons. The summed E-state index contributed by atoms with van der Waals surface area (Å²) in [5, 5.41) is 3.65. The minimum Gasteiger partial charge on any atom is -0.495 e. The number of methoxy groups -OCH3 is 3. The molecule has 0 unspecified atom stereocenters. The number of halogens is 2. The van der Waals surface area contributed by atoms with E-state index in [1.165, 1.54) is 14.2 Å². The van der Waals surface area contributed by atoms with E-state index in [-0.39, 0.29) is 27.0 Å². The lowest BCUT2D eigenvalue weighted by Gasteiger charge is -2.23. The summed E-state index contributed by atoms with van der Waals surface area (Å²) in [5.74, 6) is 0.879. The molecule has 2 heterocycles. The Balaban J connectivity index is 1.96. The lowest BCUT2D eigenvalue weighted by Crippen LogP contribution is -2.35. The zero-order chi connectivity index (χ0) is 27.1. The maximum absolute atomic E-state index is 14.1. The van der Waals surface area contributed by atoms with E-state index >= 15 is 0 Å². The molecule has 1 N–H and O–H groups in total. The van der Waals surface area contributed by atoms with E-state index in [0.29, 0.717) is 34.6 Å². The Bertz CT molecular complexity index is 1400. The molecule has 4 rings (SSSR count). The number of hydrogen-bond acceptors (Lipinski definition) is 7. The Morgan fingerprint density at radius 1 is 1.08 bits per heavy atom. The Morgan fingerprint density at radius 2 is 1.70 bits per heavy atom. The first kappa shape index (κ1) is 27.0. The molecular weight excluding hydrogens is 521 g/mol. The molecule has 0 aliphatic heterocycles. The van der Waals surface area contributed by atoms with Gasteiger partial charge in [-0.3, -0.25) is 14.7 Å². The molecular formula is C26H29Cl2N3O6. The average Bonchev–Trinajstić information content (AvgIpc) is 3.58. The third-order valence-corrected chi connectivity index (χ3v) is 6.82. The SMILES string of the molecule is COCC1(n2c(=O)c(-c3c(Cl)c(OC)cc(OC)c3Cl)cc3cnc(NC(=O)OC(C)(C)C)cc32)CC1. The van der Waals surface area contributed by atoms with Crippen LogP contribution in [-0.4, -0.2) is 49.2 Å². The van der Waals surface area contributed by atoms with E-state index in [2.05, 4.69) is 10.3 Å². The van der Waals surface area contributed by atoms with Crippen LogP contribution in [0.2, 0.25) is 10.0 Å². The molecule has 0 radical (unpaired) electrons. The van der Waals surface area contributed by atoms with Crippen molar-refractivity contribution in [2.24, 2.45) is 0 Å². The number of hydrogen-bond donors (Lipinski definition) is 1. The van der Waals surface area contributed by atoms with Gasteiger partial charge in [-0.25, -0.2) is 9.78 Å². The number of carbonyl (C=O) groups excluding carboxylic acids is 1. The van der Waals surface area contributed by atoms with E-state index in [1.807, 2.05) is 0 Å². The van der Waals surface area contributed by atoms with Crippen LogP contribution in [0.3, 0.4) is 0 Å². The fraction of sp³-hybridized carbons (Fsp3) is 0.423. The van der Waals surface area contributed by atoms with E-state index in [0.717, 1.165) is 12.8 Å². The lowest BCUT2D eigenvalue weighted by atomic mass is 10.0. The smallest absolute Gasteiger partial charge is 0.413 e. The number of carbonyl (C=O) groups is 1. The van der Waals surface area contributed by atoms with Gasteiger partial charge in [0.15, 0.2) is 0 Å². The molecule has 1 fully saturated rings. The first-order valence-corrected chi connectivity index (χ1v) is 12.4. The van der Waals surface area contributed by atoms with E-state index in [9.17, 15) is 9.59 Å². The normalized spacial score (nSPS) is 14.4. The Labute approximate surface area is 224 Å². The van der Waals surface area contributed by atoms with Crippen molar-refractivity contribution in [3.8, 4) is 22.6 Å². The number of anilines is 1. The summed E-state index contributed by atoms with van der Waals surface area (Å²) in [6.07, 6.45) is 2.40. The Kier molecular flexibility index (Phi) is 7.34. The topological polar surface area (TPSA) is 101 Å². The summed E-state index contributed by atoms with van der Waals surface area (Å²) in [4.78, 5) is 30.9. The third-order valence-electron chi connectivity index (χ3n) is 6.07. The highest BCUT2D eigenvalue weighted by molar-refractivity contribution is 6.41. The number of aromatic nitrogens is 2. The van der Waals surface area contributed by atoms with Gasteiger partial charge in [0.25, 0.3) is 5.56 Å². The highest BCUT2D eigenvalue weighted by Crippen LogP contribution is 2.48. The highest BCUT2D eigenvalue weighted by Gasteiger charge is 2.47. The summed E-state index contributed by atoms with van der Waals surface area (Å²) in [6, 6.07) is 4.89. The van der Waals surface area contributed by atoms with Gasteiger partial charge in [0.05, 0.1) is 47.5 Å². The monoisotopic (exact) mass is 549 g/mol. The number of ether oxygens (including phenoxy) is 4. The van der Waals surface area contributed by atoms with E-state index in [4.69, 9.17) is 42.1 Å². The number of pyridine rings is 2. The van der Waals surface area contributed by atoms with Gasteiger partial charge in [0.2, 0.25) is 0 Å². The van der Waals surface area contributed by atoms with Crippen molar-refractivity contribution in [2.75, 3.05) is 33.3 Å². The van der Waals surface area contributed by atoms with Gasteiger partial charge >= 0.3 is 6.09 Å². The zero-order valence-corrected chi connectivity index (χ0v) is 23.0. The van der Waals surface area contributed by atoms with Crippen LogP contribution in [0.25, 0.3) is 22.0 Å². The molecule has 1 saturated carbocycles. The second-order valence-electron chi connectivity index (χ2n) is 9.90. The van der Waals surface area contributed by atoms with Crippen molar-refractivity contribution in [3.63, 3.8) is 0 Å². The summed E-state index contributed by atoms with van der Waals surface area (Å²) in [5.41, 5.74) is -0.430. The van der Waals surface area contributed by atoms with Gasteiger partial charge in [0.1, 0.15) is 22.9 Å². The number of benzene rings is 1. The molecule has 1 aromatic carbocycles. The quantitative estimate of drug-likeness (QED) is 0.393. The average molecular weight is 550 g/mol. The number of nitrogens with zero attached hydrogens (tertiary/aromatic N) is 2. The van der Waals surface area contributed by atoms with E-state index < -0.39 is 17.2 Å². The zero-order valence-electron chi connectivity index (χ0n) is 21.5. The minimum atomic E-state index is -0.676. The largest absolute Gasteiger partial charge is 0.495 e. The van der Waals surface area contributed by atoms with Crippen molar-refractivity contribution in [1.29, 1.82) is 0 Å². The molecule has 2 aromatic heterocycles. The number of fused-ring (bicyclic) bond motifs is 1. The maximum Gasteiger partial charge on any atom is 0.413 e. The van der Waals surface area contributed by atoms with Crippen LogP contribution in [-0.2, 0) is 15.0 Å². The number of amides is 1. The maximum atomic E-state index is 14.1. The van der Waals surface area contributed by atoms with Crippen LogP contribution >= 0.6 is 23.2 Å². The fourth-order valence-electron chi connectivity index (χ4n) is 4.30.